The molecular weight excluding hydrogens is 246 g/mol. The second kappa shape index (κ2) is 5.41. The van der Waals surface area contributed by atoms with Crippen LogP contribution in [-0.2, 0) is 6.42 Å². The molecule has 106 valence electrons. The van der Waals surface area contributed by atoms with E-state index >= 15 is 0 Å². The van der Waals surface area contributed by atoms with Crippen LogP contribution in [0.25, 0.3) is 5.69 Å². The Kier molecular flexibility index (Phi) is 3.62. The first-order valence-corrected chi connectivity index (χ1v) is 7.52. The van der Waals surface area contributed by atoms with E-state index in [2.05, 4.69) is 53.3 Å². The second-order valence-corrected chi connectivity index (χ2v) is 5.84. The number of hydrogen-bond donors (Lipinski definition) is 1. The second-order valence-electron chi connectivity index (χ2n) is 5.84. The Morgan fingerprint density at radius 2 is 2.10 bits per heavy atom. The van der Waals surface area contributed by atoms with Crippen LogP contribution >= 0.6 is 0 Å². The number of aryl methyl sites for hydroxylation is 2. The molecule has 1 atom stereocenters. The van der Waals surface area contributed by atoms with Crippen molar-refractivity contribution in [2.75, 3.05) is 7.05 Å². The summed E-state index contributed by atoms with van der Waals surface area (Å²) in [5.74, 6) is 0. The van der Waals surface area contributed by atoms with Gasteiger partial charge in [0.15, 0.2) is 0 Å². The van der Waals surface area contributed by atoms with Gasteiger partial charge in [-0.3, -0.25) is 0 Å². The highest BCUT2D eigenvalue weighted by atomic mass is 15.3. The molecule has 0 aliphatic heterocycles. The van der Waals surface area contributed by atoms with E-state index < -0.39 is 0 Å². The summed E-state index contributed by atoms with van der Waals surface area (Å²) >= 11 is 0. The van der Waals surface area contributed by atoms with E-state index in [0.717, 1.165) is 6.42 Å². The third-order valence-electron chi connectivity index (χ3n) is 4.36. The van der Waals surface area contributed by atoms with Crippen LogP contribution in [0.15, 0.2) is 24.4 Å². The van der Waals surface area contributed by atoms with E-state index in [4.69, 9.17) is 0 Å². The van der Waals surface area contributed by atoms with Gasteiger partial charge in [-0.1, -0.05) is 24.1 Å². The Hall–Kier alpha value is -1.61. The molecule has 0 bridgehead atoms. The molecule has 3 rings (SSSR count). The lowest BCUT2D eigenvalue weighted by Gasteiger charge is -2.14. The Morgan fingerprint density at radius 1 is 1.25 bits per heavy atom. The number of benzene rings is 1. The number of nitrogens with one attached hydrogen (secondary N) is 1. The molecule has 0 fully saturated rings. The van der Waals surface area contributed by atoms with Gasteiger partial charge in [0.05, 0.1) is 11.9 Å². The Morgan fingerprint density at radius 3 is 2.85 bits per heavy atom. The van der Waals surface area contributed by atoms with Gasteiger partial charge in [0, 0.05) is 17.3 Å². The number of hydrogen-bond acceptors (Lipinski definition) is 2. The van der Waals surface area contributed by atoms with Gasteiger partial charge in [-0.25, -0.2) is 4.68 Å². The number of aromatic nitrogens is 2. The van der Waals surface area contributed by atoms with Crippen molar-refractivity contribution >= 4 is 0 Å². The predicted octanol–water partition coefficient (Wildman–Crippen LogP) is 3.48. The molecule has 3 heteroatoms. The van der Waals surface area contributed by atoms with Gasteiger partial charge in [-0.2, -0.15) is 5.10 Å². The van der Waals surface area contributed by atoms with Gasteiger partial charge < -0.3 is 5.32 Å². The van der Waals surface area contributed by atoms with E-state index in [0.29, 0.717) is 6.04 Å². The first-order chi connectivity index (χ1) is 9.70. The molecule has 1 N–H and O–H groups in total. The van der Waals surface area contributed by atoms with Gasteiger partial charge in [-0.15, -0.1) is 0 Å². The Bertz CT molecular complexity index is 613. The summed E-state index contributed by atoms with van der Waals surface area (Å²) in [5, 5.41) is 8.11. The largest absolute Gasteiger partial charge is 0.313 e. The summed E-state index contributed by atoms with van der Waals surface area (Å²) in [6, 6.07) is 7.04. The molecule has 1 aromatic carbocycles. The molecule has 0 saturated heterocycles. The molecule has 0 spiro atoms. The summed E-state index contributed by atoms with van der Waals surface area (Å²) in [6.45, 7) is 4.31. The summed E-state index contributed by atoms with van der Waals surface area (Å²) in [4.78, 5) is 0. The first-order valence-electron chi connectivity index (χ1n) is 7.52. The molecule has 2 aromatic rings. The number of rotatable bonds is 2. The van der Waals surface area contributed by atoms with Crippen molar-refractivity contribution in [2.45, 2.75) is 45.6 Å². The van der Waals surface area contributed by atoms with Crippen molar-refractivity contribution in [3.63, 3.8) is 0 Å². The average molecular weight is 269 g/mol. The van der Waals surface area contributed by atoms with Crippen LogP contribution in [-0.4, -0.2) is 16.8 Å². The highest BCUT2D eigenvalue weighted by Gasteiger charge is 2.22. The van der Waals surface area contributed by atoms with Gasteiger partial charge in [-0.05, 0) is 51.8 Å². The fourth-order valence-corrected chi connectivity index (χ4v) is 3.27. The lowest BCUT2D eigenvalue weighted by Crippen LogP contribution is -2.16. The maximum absolute atomic E-state index is 4.68. The van der Waals surface area contributed by atoms with E-state index in [1.165, 1.54) is 47.3 Å². The molecule has 0 amide bonds. The van der Waals surface area contributed by atoms with Crippen LogP contribution in [0.5, 0.6) is 0 Å². The fourth-order valence-electron chi connectivity index (χ4n) is 3.27. The average Bonchev–Trinajstić information content (AvgIpc) is 2.72. The molecule has 0 saturated carbocycles. The van der Waals surface area contributed by atoms with E-state index in [1.807, 2.05) is 7.05 Å². The molecular formula is C17H23N3. The summed E-state index contributed by atoms with van der Waals surface area (Å²) in [7, 11) is 2.05. The number of fused-ring (bicyclic) bond motifs is 1. The van der Waals surface area contributed by atoms with Crippen LogP contribution < -0.4 is 5.32 Å². The van der Waals surface area contributed by atoms with E-state index in [1.54, 1.807) is 0 Å². The molecule has 1 aliphatic carbocycles. The number of nitrogens with zero attached hydrogens (tertiary/aromatic N) is 2. The van der Waals surface area contributed by atoms with Crippen LogP contribution in [0.4, 0.5) is 0 Å². The van der Waals surface area contributed by atoms with Crippen molar-refractivity contribution in [1.29, 1.82) is 0 Å². The highest BCUT2D eigenvalue weighted by Crippen LogP contribution is 2.30. The van der Waals surface area contributed by atoms with Gasteiger partial charge in [0.2, 0.25) is 0 Å². The normalized spacial score (nSPS) is 18.6. The first kappa shape index (κ1) is 13.4. The van der Waals surface area contributed by atoms with Crippen LogP contribution in [0.2, 0.25) is 0 Å². The summed E-state index contributed by atoms with van der Waals surface area (Å²) < 4.78 is 2.15. The standard InChI is InChI=1S/C17H23N3/c1-12-8-9-16(13(2)10-12)20-17-7-5-4-6-15(18-3)14(17)11-19-20/h8-11,15,18H,4-7H2,1-3H3. The molecule has 0 radical (unpaired) electrons. The molecule has 1 unspecified atom stereocenters. The lowest BCUT2D eigenvalue weighted by atomic mass is 10.1. The van der Waals surface area contributed by atoms with Gasteiger partial charge in [0.25, 0.3) is 0 Å². The highest BCUT2D eigenvalue weighted by molar-refractivity contribution is 5.44. The van der Waals surface area contributed by atoms with Crippen molar-refractivity contribution in [3.05, 3.63) is 46.8 Å². The minimum absolute atomic E-state index is 0.451. The Balaban J connectivity index is 2.09. The minimum Gasteiger partial charge on any atom is -0.313 e. The zero-order valence-electron chi connectivity index (χ0n) is 12.6. The SMILES string of the molecule is CNC1CCCCc2c1cnn2-c1ccc(C)cc1C. The molecule has 1 aromatic heterocycles. The van der Waals surface area contributed by atoms with Crippen molar-refractivity contribution in [3.8, 4) is 5.69 Å². The maximum atomic E-state index is 4.68. The van der Waals surface area contributed by atoms with Crippen LogP contribution in [0.3, 0.4) is 0 Å². The van der Waals surface area contributed by atoms with E-state index in [9.17, 15) is 0 Å². The molecule has 3 nitrogen and oxygen atoms in total. The molecule has 1 aliphatic rings. The van der Waals surface area contributed by atoms with Gasteiger partial charge >= 0.3 is 0 Å². The lowest BCUT2D eigenvalue weighted by molar-refractivity contribution is 0.533. The van der Waals surface area contributed by atoms with Crippen LogP contribution in [0, 0.1) is 13.8 Å². The smallest absolute Gasteiger partial charge is 0.0678 e. The fraction of sp³-hybridized carbons (Fsp3) is 0.471. The van der Waals surface area contributed by atoms with Crippen molar-refractivity contribution in [2.24, 2.45) is 0 Å². The summed E-state index contributed by atoms with van der Waals surface area (Å²) in [5.41, 5.74) is 6.58. The molecule has 1 heterocycles. The van der Waals surface area contributed by atoms with Crippen molar-refractivity contribution in [1.82, 2.24) is 15.1 Å². The minimum atomic E-state index is 0.451. The van der Waals surface area contributed by atoms with Crippen LogP contribution in [0.1, 0.15) is 47.7 Å². The third kappa shape index (κ3) is 2.27. The zero-order valence-corrected chi connectivity index (χ0v) is 12.6. The maximum Gasteiger partial charge on any atom is 0.0678 e. The monoisotopic (exact) mass is 269 g/mol. The quantitative estimate of drug-likeness (QED) is 0.846. The topological polar surface area (TPSA) is 29.9 Å². The third-order valence-corrected chi connectivity index (χ3v) is 4.36. The van der Waals surface area contributed by atoms with E-state index in [-0.39, 0.29) is 0 Å². The zero-order chi connectivity index (χ0) is 14.1. The predicted molar refractivity (Wildman–Crippen MR) is 82.4 cm³/mol. The summed E-state index contributed by atoms with van der Waals surface area (Å²) in [6.07, 6.45) is 6.93. The van der Waals surface area contributed by atoms with Crippen molar-refractivity contribution < 1.29 is 0 Å². The Labute approximate surface area is 121 Å². The molecule has 20 heavy (non-hydrogen) atoms. The van der Waals surface area contributed by atoms with Gasteiger partial charge in [0.1, 0.15) is 0 Å².